The molecule has 0 bridgehead atoms. The number of fused-ring (bicyclic) bond motifs is 1. The van der Waals surface area contributed by atoms with Crippen molar-refractivity contribution in [1.82, 2.24) is 0 Å². The lowest BCUT2D eigenvalue weighted by atomic mass is 9.51. The number of ether oxygens (including phenoxy) is 3. The maximum absolute atomic E-state index is 13.2. The monoisotopic (exact) mass is 392 g/mol. The normalized spacial score (nSPS) is 25.6. The van der Waals surface area contributed by atoms with Crippen molar-refractivity contribution in [3.63, 3.8) is 0 Å². The molecule has 150 valence electrons. The zero-order valence-electron chi connectivity index (χ0n) is 16.8. The summed E-state index contributed by atoms with van der Waals surface area (Å²) < 4.78 is 16.5. The van der Waals surface area contributed by atoms with Crippen molar-refractivity contribution < 1.29 is 23.8 Å². The van der Waals surface area contributed by atoms with Crippen LogP contribution in [0.1, 0.15) is 24.0 Å². The fraction of sp³-hybridized carbons (Fsp3) is 0.333. The fourth-order valence-electron chi connectivity index (χ4n) is 4.60. The van der Waals surface area contributed by atoms with Crippen LogP contribution in [0.4, 0.5) is 0 Å². The number of carbonyl (C=O) groups excluding carboxylic acids is 2. The second kappa shape index (κ2) is 7.74. The Morgan fingerprint density at radius 2 is 1.59 bits per heavy atom. The number of rotatable bonds is 6. The third-order valence-electron chi connectivity index (χ3n) is 6.08. The molecule has 0 aromatic heterocycles. The van der Waals surface area contributed by atoms with Crippen LogP contribution in [0.2, 0.25) is 0 Å². The Hall–Kier alpha value is -3.08. The van der Waals surface area contributed by atoms with Gasteiger partial charge in [-0.15, -0.1) is 0 Å². The largest absolute Gasteiger partial charge is 0.493 e. The molecule has 0 aliphatic heterocycles. The van der Waals surface area contributed by atoms with Crippen molar-refractivity contribution in [2.45, 2.75) is 19.4 Å². The molecular formula is C24H24O5. The Morgan fingerprint density at radius 3 is 2.28 bits per heavy atom. The molecule has 0 amide bonds. The number of hydrogen-bond donors (Lipinski definition) is 0. The maximum Gasteiger partial charge on any atom is 0.201 e. The summed E-state index contributed by atoms with van der Waals surface area (Å²) in [5, 5.41) is 0. The molecular weight excluding hydrogens is 368 g/mol. The number of benzene rings is 2. The van der Waals surface area contributed by atoms with Crippen LogP contribution in [0.3, 0.4) is 0 Å². The zero-order valence-corrected chi connectivity index (χ0v) is 16.8. The summed E-state index contributed by atoms with van der Waals surface area (Å²) in [6.07, 6.45) is 1.38. The van der Waals surface area contributed by atoms with Gasteiger partial charge < -0.3 is 14.2 Å². The molecule has 2 aromatic rings. The Bertz CT molecular complexity index is 962. The average Bonchev–Trinajstić information content (AvgIpc) is 2.74. The van der Waals surface area contributed by atoms with Crippen LogP contribution in [0.5, 0.6) is 11.5 Å². The SMILES string of the molecule is COc1ccc([C@@H]2[C@@H](C)[C@@H]3C(=O)C=C(OCc4ccccc4)C(=O)[C@@H]32)cc1OC. The average molecular weight is 392 g/mol. The maximum atomic E-state index is 13.2. The van der Waals surface area contributed by atoms with Gasteiger partial charge in [0, 0.05) is 17.9 Å². The van der Waals surface area contributed by atoms with Gasteiger partial charge in [0.25, 0.3) is 0 Å². The van der Waals surface area contributed by atoms with Crippen molar-refractivity contribution in [2.24, 2.45) is 17.8 Å². The van der Waals surface area contributed by atoms with Crippen molar-refractivity contribution >= 4 is 11.6 Å². The standard InChI is InChI=1S/C24H24O5/c1-14-21(16-9-10-18(27-2)19(11-16)28-3)23-22(14)17(25)12-20(24(23)26)29-13-15-7-5-4-6-8-15/h4-12,14,21-23H,13H2,1-3H3/t14-,21+,22-,23-/m1/s1. The van der Waals surface area contributed by atoms with Crippen LogP contribution in [-0.2, 0) is 20.9 Å². The smallest absolute Gasteiger partial charge is 0.201 e. The van der Waals surface area contributed by atoms with E-state index in [2.05, 4.69) is 0 Å². The van der Waals surface area contributed by atoms with E-state index >= 15 is 0 Å². The van der Waals surface area contributed by atoms with E-state index in [1.54, 1.807) is 14.2 Å². The molecule has 5 nitrogen and oxygen atoms in total. The summed E-state index contributed by atoms with van der Waals surface area (Å²) in [5.41, 5.74) is 1.93. The summed E-state index contributed by atoms with van der Waals surface area (Å²) in [5.74, 6) is 0.629. The van der Waals surface area contributed by atoms with Gasteiger partial charge in [0.15, 0.2) is 23.0 Å². The molecule has 2 aliphatic rings. The molecule has 1 fully saturated rings. The zero-order chi connectivity index (χ0) is 20.5. The van der Waals surface area contributed by atoms with Crippen LogP contribution in [0.25, 0.3) is 0 Å². The summed E-state index contributed by atoms with van der Waals surface area (Å²) in [6.45, 7) is 2.29. The van der Waals surface area contributed by atoms with Gasteiger partial charge in [0.2, 0.25) is 5.78 Å². The minimum Gasteiger partial charge on any atom is -0.493 e. The van der Waals surface area contributed by atoms with Gasteiger partial charge in [-0.1, -0.05) is 43.3 Å². The molecule has 2 aromatic carbocycles. The first-order chi connectivity index (χ1) is 14.0. The topological polar surface area (TPSA) is 61.8 Å². The molecule has 2 aliphatic carbocycles. The van der Waals surface area contributed by atoms with Gasteiger partial charge in [0.1, 0.15) is 6.61 Å². The molecule has 0 unspecified atom stereocenters. The van der Waals surface area contributed by atoms with Crippen LogP contribution in [0, 0.1) is 17.8 Å². The second-order valence-corrected chi connectivity index (χ2v) is 7.60. The quantitative estimate of drug-likeness (QED) is 0.746. The van der Waals surface area contributed by atoms with Crippen molar-refractivity contribution in [1.29, 1.82) is 0 Å². The van der Waals surface area contributed by atoms with E-state index in [1.165, 1.54) is 6.08 Å². The molecule has 4 atom stereocenters. The summed E-state index contributed by atoms with van der Waals surface area (Å²) in [6, 6.07) is 15.3. The van der Waals surface area contributed by atoms with Gasteiger partial charge in [0.05, 0.1) is 14.2 Å². The van der Waals surface area contributed by atoms with E-state index in [0.29, 0.717) is 11.5 Å². The van der Waals surface area contributed by atoms with Crippen molar-refractivity contribution in [3.05, 3.63) is 71.5 Å². The Labute approximate surface area is 170 Å². The molecule has 1 saturated carbocycles. The molecule has 0 spiro atoms. The van der Waals surface area contributed by atoms with E-state index in [9.17, 15) is 9.59 Å². The lowest BCUT2D eigenvalue weighted by molar-refractivity contribution is -0.145. The van der Waals surface area contributed by atoms with Crippen molar-refractivity contribution in [3.8, 4) is 11.5 Å². The van der Waals surface area contributed by atoms with Gasteiger partial charge >= 0.3 is 0 Å². The lowest BCUT2D eigenvalue weighted by Gasteiger charge is -2.50. The van der Waals surface area contributed by atoms with Crippen LogP contribution in [-0.4, -0.2) is 25.8 Å². The van der Waals surface area contributed by atoms with E-state index in [1.807, 2.05) is 55.5 Å². The second-order valence-electron chi connectivity index (χ2n) is 7.60. The third kappa shape index (κ3) is 3.31. The molecule has 4 rings (SSSR count). The first kappa shape index (κ1) is 19.2. The van der Waals surface area contributed by atoms with Crippen LogP contribution in [0.15, 0.2) is 60.4 Å². The van der Waals surface area contributed by atoms with Gasteiger partial charge in [-0.3, -0.25) is 9.59 Å². The molecule has 0 radical (unpaired) electrons. The summed E-state index contributed by atoms with van der Waals surface area (Å²) in [4.78, 5) is 25.8. The van der Waals surface area contributed by atoms with E-state index < -0.39 is 5.92 Å². The number of ketones is 2. The predicted octanol–water partition coefficient (Wildman–Crippen LogP) is 3.92. The highest BCUT2D eigenvalue weighted by atomic mass is 16.5. The number of allylic oxidation sites excluding steroid dienone is 2. The Morgan fingerprint density at radius 1 is 0.862 bits per heavy atom. The minimum absolute atomic E-state index is 0.0260. The summed E-state index contributed by atoms with van der Waals surface area (Å²) >= 11 is 0. The molecule has 5 heteroatoms. The van der Waals surface area contributed by atoms with Crippen LogP contribution >= 0.6 is 0 Å². The van der Waals surface area contributed by atoms with Crippen molar-refractivity contribution in [2.75, 3.05) is 14.2 Å². The number of hydrogen-bond acceptors (Lipinski definition) is 5. The Balaban J connectivity index is 1.58. The summed E-state index contributed by atoms with van der Waals surface area (Å²) in [7, 11) is 3.17. The van der Waals surface area contributed by atoms with Gasteiger partial charge in [-0.2, -0.15) is 0 Å². The highest BCUT2D eigenvalue weighted by Gasteiger charge is 2.57. The molecule has 0 heterocycles. The number of carbonyl (C=O) groups is 2. The molecule has 29 heavy (non-hydrogen) atoms. The first-order valence-electron chi connectivity index (χ1n) is 9.73. The highest BCUT2D eigenvalue weighted by molar-refractivity contribution is 6.11. The lowest BCUT2D eigenvalue weighted by Crippen LogP contribution is -2.53. The van der Waals surface area contributed by atoms with E-state index in [-0.39, 0.29) is 41.7 Å². The van der Waals surface area contributed by atoms with Gasteiger partial charge in [-0.05, 0) is 35.1 Å². The number of methoxy groups -OCH3 is 2. The Kier molecular flexibility index (Phi) is 5.14. The molecule has 0 N–H and O–H groups in total. The van der Waals surface area contributed by atoms with E-state index in [4.69, 9.17) is 14.2 Å². The molecule has 0 saturated heterocycles. The third-order valence-corrected chi connectivity index (χ3v) is 6.08. The minimum atomic E-state index is -0.397. The van der Waals surface area contributed by atoms with Crippen LogP contribution < -0.4 is 9.47 Å². The number of Topliss-reactive ketones (excluding diaryl/α,β-unsaturated/α-hetero) is 1. The van der Waals surface area contributed by atoms with Gasteiger partial charge in [-0.25, -0.2) is 0 Å². The highest BCUT2D eigenvalue weighted by Crippen LogP contribution is 2.56. The fourth-order valence-corrected chi connectivity index (χ4v) is 4.60. The van der Waals surface area contributed by atoms with E-state index in [0.717, 1.165) is 11.1 Å². The predicted molar refractivity (Wildman–Crippen MR) is 108 cm³/mol. The first-order valence-corrected chi connectivity index (χ1v) is 9.73.